The number of hydrogen-bond donors (Lipinski definition) is 0. The first-order chi connectivity index (χ1) is 7.50. The van der Waals surface area contributed by atoms with Gasteiger partial charge in [0, 0.05) is 12.7 Å². The third-order valence-electron chi connectivity index (χ3n) is 2.56. The summed E-state index contributed by atoms with van der Waals surface area (Å²) in [5, 5.41) is 0.168. The van der Waals surface area contributed by atoms with Crippen LogP contribution in [0.1, 0.15) is 29.2 Å². The lowest BCUT2D eigenvalue weighted by Crippen LogP contribution is -1.88. The van der Waals surface area contributed by atoms with Gasteiger partial charge in [-0.15, -0.1) is 0 Å². The molecule has 0 unspecified atom stereocenters. The number of carbonyl (C=O) groups excluding carboxylic acids is 1. The summed E-state index contributed by atoms with van der Waals surface area (Å²) in [6.45, 7) is 7.96. The highest BCUT2D eigenvalue weighted by Gasteiger charge is 1.98. The number of carbonyl (C=O) groups is 1. The summed E-state index contributed by atoms with van der Waals surface area (Å²) in [5.41, 5.74) is 5.16. The normalized spacial score (nSPS) is 11.0. The maximum atomic E-state index is 10.7. The number of thioether (sulfide) groups is 1. The lowest BCUT2D eigenvalue weighted by molar-refractivity contribution is -0.109. The van der Waals surface area contributed by atoms with Gasteiger partial charge in [0.1, 0.15) is 0 Å². The van der Waals surface area contributed by atoms with Crippen LogP contribution in [0.2, 0.25) is 0 Å². The fraction of sp³-hybridized carbons (Fsp3) is 0.357. The molecule has 0 amide bonds. The second-order valence-electron chi connectivity index (χ2n) is 4.00. The predicted molar refractivity (Wildman–Crippen MR) is 72.8 cm³/mol. The summed E-state index contributed by atoms with van der Waals surface area (Å²) in [7, 11) is 0. The summed E-state index contributed by atoms with van der Waals surface area (Å²) < 4.78 is 0. The summed E-state index contributed by atoms with van der Waals surface area (Å²) in [5.74, 6) is 0.752. The summed E-state index contributed by atoms with van der Waals surface area (Å²) in [4.78, 5) is 10.7. The fourth-order valence-corrected chi connectivity index (χ4v) is 1.93. The predicted octanol–water partition coefficient (Wildman–Crippen LogP) is 3.90. The lowest BCUT2D eigenvalue weighted by Gasteiger charge is -2.05. The van der Waals surface area contributed by atoms with Crippen LogP contribution < -0.4 is 0 Å². The maximum Gasteiger partial charge on any atom is 0.186 e. The molecule has 0 heterocycles. The van der Waals surface area contributed by atoms with Gasteiger partial charge in [0.15, 0.2) is 5.12 Å². The molecule has 0 aromatic heterocycles. The van der Waals surface area contributed by atoms with E-state index in [0.717, 1.165) is 5.75 Å². The first-order valence-electron chi connectivity index (χ1n) is 5.38. The van der Waals surface area contributed by atoms with Crippen LogP contribution in [0.25, 0.3) is 6.08 Å². The van der Waals surface area contributed by atoms with Crippen LogP contribution in [0.3, 0.4) is 0 Å². The second kappa shape index (κ2) is 5.90. The minimum Gasteiger partial charge on any atom is -0.288 e. The van der Waals surface area contributed by atoms with Crippen molar-refractivity contribution in [1.29, 1.82) is 0 Å². The summed E-state index contributed by atoms with van der Waals surface area (Å²) in [6, 6.07) is 4.40. The van der Waals surface area contributed by atoms with E-state index in [4.69, 9.17) is 0 Å². The van der Waals surface area contributed by atoms with Crippen LogP contribution >= 0.6 is 11.8 Å². The Morgan fingerprint density at radius 3 is 2.44 bits per heavy atom. The number of benzene rings is 1. The van der Waals surface area contributed by atoms with Crippen molar-refractivity contribution in [2.45, 2.75) is 27.7 Å². The standard InChI is InChI=1S/C14H18OS/c1-10-8-12(3)14(9-11(10)2)6-5-7-16-13(4)15/h5-6,8-9H,7H2,1-4H3. The average Bonchev–Trinajstić information content (AvgIpc) is 2.19. The average molecular weight is 234 g/mol. The lowest BCUT2D eigenvalue weighted by atomic mass is 10.0. The minimum atomic E-state index is 0.168. The molecular formula is C14H18OS. The van der Waals surface area contributed by atoms with E-state index in [1.54, 1.807) is 6.92 Å². The topological polar surface area (TPSA) is 17.1 Å². The maximum absolute atomic E-state index is 10.7. The largest absolute Gasteiger partial charge is 0.288 e. The van der Waals surface area contributed by atoms with Crippen LogP contribution in [-0.4, -0.2) is 10.9 Å². The van der Waals surface area contributed by atoms with Crippen LogP contribution in [0.4, 0.5) is 0 Å². The highest BCUT2D eigenvalue weighted by molar-refractivity contribution is 8.13. The molecule has 0 aliphatic rings. The zero-order chi connectivity index (χ0) is 12.1. The Hall–Kier alpha value is -1.02. The van der Waals surface area contributed by atoms with Crippen LogP contribution in [0, 0.1) is 20.8 Å². The van der Waals surface area contributed by atoms with Gasteiger partial charge in [0.25, 0.3) is 0 Å². The molecule has 0 bridgehead atoms. The molecule has 1 aromatic rings. The molecule has 16 heavy (non-hydrogen) atoms. The molecular weight excluding hydrogens is 216 g/mol. The Bertz CT molecular complexity index is 419. The van der Waals surface area contributed by atoms with E-state index in [2.05, 4.69) is 39.0 Å². The molecule has 0 saturated carbocycles. The molecule has 0 spiro atoms. The van der Waals surface area contributed by atoms with Gasteiger partial charge in [-0.2, -0.15) is 0 Å². The summed E-state index contributed by atoms with van der Waals surface area (Å²) >= 11 is 1.34. The van der Waals surface area contributed by atoms with Crippen molar-refractivity contribution < 1.29 is 4.79 Å². The molecule has 86 valence electrons. The van der Waals surface area contributed by atoms with E-state index < -0.39 is 0 Å². The van der Waals surface area contributed by atoms with E-state index in [1.807, 2.05) is 6.08 Å². The molecule has 0 saturated heterocycles. The molecule has 0 N–H and O–H groups in total. The van der Waals surface area contributed by atoms with Gasteiger partial charge < -0.3 is 0 Å². The van der Waals surface area contributed by atoms with Gasteiger partial charge in [-0.05, 0) is 43.0 Å². The Morgan fingerprint density at radius 1 is 1.19 bits per heavy atom. The van der Waals surface area contributed by atoms with Crippen molar-refractivity contribution in [2.24, 2.45) is 0 Å². The van der Waals surface area contributed by atoms with E-state index in [1.165, 1.54) is 34.0 Å². The molecule has 0 radical (unpaired) electrons. The van der Waals surface area contributed by atoms with Gasteiger partial charge in [0.2, 0.25) is 0 Å². The Morgan fingerprint density at radius 2 is 1.81 bits per heavy atom. The van der Waals surface area contributed by atoms with E-state index in [0.29, 0.717) is 0 Å². The second-order valence-corrected chi connectivity index (χ2v) is 5.19. The number of aryl methyl sites for hydroxylation is 3. The minimum absolute atomic E-state index is 0.168. The molecule has 0 aliphatic heterocycles. The number of rotatable bonds is 3. The van der Waals surface area contributed by atoms with Crippen molar-refractivity contribution in [3.8, 4) is 0 Å². The van der Waals surface area contributed by atoms with E-state index in [9.17, 15) is 4.79 Å². The van der Waals surface area contributed by atoms with Crippen LogP contribution in [-0.2, 0) is 4.79 Å². The number of hydrogen-bond acceptors (Lipinski definition) is 2. The highest BCUT2D eigenvalue weighted by Crippen LogP contribution is 2.17. The van der Waals surface area contributed by atoms with Gasteiger partial charge in [-0.1, -0.05) is 36.0 Å². The van der Waals surface area contributed by atoms with Crippen molar-refractivity contribution in [2.75, 3.05) is 5.75 Å². The Kier molecular flexibility index (Phi) is 4.81. The molecule has 0 atom stereocenters. The first kappa shape index (κ1) is 13.0. The quantitative estimate of drug-likeness (QED) is 0.789. The monoisotopic (exact) mass is 234 g/mol. The third kappa shape index (κ3) is 3.86. The zero-order valence-electron chi connectivity index (χ0n) is 10.3. The Balaban J connectivity index is 2.73. The fourth-order valence-electron chi connectivity index (χ4n) is 1.50. The molecule has 1 aromatic carbocycles. The van der Waals surface area contributed by atoms with Crippen LogP contribution in [0.15, 0.2) is 18.2 Å². The highest BCUT2D eigenvalue weighted by atomic mass is 32.2. The van der Waals surface area contributed by atoms with Crippen molar-refractivity contribution in [3.05, 3.63) is 40.5 Å². The van der Waals surface area contributed by atoms with Gasteiger partial charge in [-0.3, -0.25) is 4.79 Å². The van der Waals surface area contributed by atoms with Crippen molar-refractivity contribution in [3.63, 3.8) is 0 Å². The SMILES string of the molecule is CC(=O)SCC=Cc1cc(C)c(C)cc1C. The molecule has 2 heteroatoms. The molecule has 0 fully saturated rings. The molecule has 1 rings (SSSR count). The van der Waals surface area contributed by atoms with Gasteiger partial charge >= 0.3 is 0 Å². The van der Waals surface area contributed by atoms with E-state index in [-0.39, 0.29) is 5.12 Å². The van der Waals surface area contributed by atoms with Crippen LogP contribution in [0.5, 0.6) is 0 Å². The van der Waals surface area contributed by atoms with Crippen molar-refractivity contribution in [1.82, 2.24) is 0 Å². The van der Waals surface area contributed by atoms with E-state index >= 15 is 0 Å². The smallest absolute Gasteiger partial charge is 0.186 e. The van der Waals surface area contributed by atoms with Gasteiger partial charge in [0.05, 0.1) is 0 Å². The van der Waals surface area contributed by atoms with Crippen molar-refractivity contribution >= 4 is 23.0 Å². The van der Waals surface area contributed by atoms with Gasteiger partial charge in [-0.25, -0.2) is 0 Å². The first-order valence-corrected chi connectivity index (χ1v) is 6.37. The third-order valence-corrected chi connectivity index (χ3v) is 3.33. The Labute approximate surface area is 102 Å². The molecule has 0 aliphatic carbocycles. The molecule has 1 nitrogen and oxygen atoms in total. The summed E-state index contributed by atoms with van der Waals surface area (Å²) in [6.07, 6.45) is 4.14. The zero-order valence-corrected chi connectivity index (χ0v) is 11.1.